The number of urea groups is 1. The van der Waals surface area contributed by atoms with Crippen molar-refractivity contribution >= 4 is 39.7 Å². The van der Waals surface area contributed by atoms with Crippen LogP contribution in [0.4, 0.5) is 9.18 Å². The highest BCUT2D eigenvalue weighted by atomic mass is 79.9. The Morgan fingerprint density at radius 1 is 1.13 bits per heavy atom. The van der Waals surface area contributed by atoms with Crippen molar-refractivity contribution in [3.63, 3.8) is 0 Å². The number of hydrogen-bond donors (Lipinski definition) is 1. The molecule has 1 N–H and O–H groups in total. The van der Waals surface area contributed by atoms with Gasteiger partial charge in [0.15, 0.2) is 0 Å². The van der Waals surface area contributed by atoms with Crippen molar-refractivity contribution < 1.29 is 28.3 Å². The van der Waals surface area contributed by atoms with Crippen molar-refractivity contribution in [3.05, 3.63) is 69.4 Å². The molecule has 3 aliphatic rings. The molecule has 1 saturated heterocycles. The molecule has 0 radical (unpaired) electrons. The number of fused-ring (bicyclic) bond motifs is 2. The highest BCUT2D eigenvalue weighted by Gasteiger charge is 2.55. The molecule has 0 bridgehead atoms. The molecular formula is C28H29BrFN3O5. The molecule has 38 heavy (non-hydrogen) atoms. The Morgan fingerprint density at radius 2 is 1.84 bits per heavy atom. The number of methoxy groups -OCH3 is 1. The van der Waals surface area contributed by atoms with Crippen LogP contribution in [0, 0.1) is 11.7 Å². The van der Waals surface area contributed by atoms with Crippen LogP contribution in [0.2, 0.25) is 0 Å². The monoisotopic (exact) mass is 585 g/mol. The van der Waals surface area contributed by atoms with Crippen molar-refractivity contribution in [3.8, 4) is 0 Å². The molecule has 5 rings (SSSR count). The van der Waals surface area contributed by atoms with E-state index >= 15 is 0 Å². The fourth-order valence-corrected chi connectivity index (χ4v) is 6.40. The average Bonchev–Trinajstić information content (AvgIpc) is 3.39. The van der Waals surface area contributed by atoms with Gasteiger partial charge in [-0.3, -0.25) is 19.3 Å². The summed E-state index contributed by atoms with van der Waals surface area (Å²) in [5.41, 5.74) is 1.33. The number of amides is 4. The van der Waals surface area contributed by atoms with Crippen molar-refractivity contribution in [1.82, 2.24) is 15.1 Å². The Morgan fingerprint density at radius 3 is 2.53 bits per heavy atom. The first kappa shape index (κ1) is 26.3. The molecule has 200 valence electrons. The third-order valence-corrected chi connectivity index (χ3v) is 8.52. The molecule has 2 fully saturated rings. The van der Waals surface area contributed by atoms with Crippen LogP contribution in [0.25, 0.3) is 0 Å². The number of ether oxygens (including phenoxy) is 1. The van der Waals surface area contributed by atoms with E-state index in [1.165, 1.54) is 19.2 Å². The number of rotatable bonds is 6. The fraction of sp³-hybridized carbons (Fsp3) is 0.429. The van der Waals surface area contributed by atoms with E-state index in [1.807, 2.05) is 18.2 Å². The van der Waals surface area contributed by atoms with Gasteiger partial charge in [0, 0.05) is 17.1 Å². The van der Waals surface area contributed by atoms with Crippen LogP contribution in [0.15, 0.2) is 46.9 Å². The van der Waals surface area contributed by atoms with Gasteiger partial charge in [-0.1, -0.05) is 34.1 Å². The molecule has 1 saturated carbocycles. The van der Waals surface area contributed by atoms with Gasteiger partial charge in [0.2, 0.25) is 5.91 Å². The molecule has 2 aromatic carbocycles. The molecule has 10 heteroatoms. The van der Waals surface area contributed by atoms with Gasteiger partial charge in [-0.15, -0.1) is 0 Å². The van der Waals surface area contributed by atoms with Gasteiger partial charge >= 0.3 is 12.0 Å². The molecule has 2 aromatic rings. The standard InChI is InChI=1S/C28H29BrFN3O5/c1-38-25(35)18-4-9-22(10-5-18)32(15-17-2-7-21(30)8-3-17)24(34)16-33-26(36)28(31-27(33)37)13-12-19-14-20(29)6-11-23(19)28/h2-3,6-8,11,14,18,22H,4-5,9-10,12-13,15-16H2,1H3,(H,31,37)/t18-,22-,28?. The quantitative estimate of drug-likeness (QED) is 0.407. The number of nitrogens with zero attached hydrogens (tertiary/aromatic N) is 2. The molecule has 1 atom stereocenters. The highest BCUT2D eigenvalue weighted by molar-refractivity contribution is 9.10. The zero-order valence-electron chi connectivity index (χ0n) is 21.0. The summed E-state index contributed by atoms with van der Waals surface area (Å²) in [7, 11) is 1.37. The lowest BCUT2D eigenvalue weighted by molar-refractivity contribution is -0.147. The first-order chi connectivity index (χ1) is 18.2. The van der Waals surface area contributed by atoms with Crippen LogP contribution in [-0.2, 0) is 37.6 Å². The minimum absolute atomic E-state index is 0.187. The van der Waals surface area contributed by atoms with E-state index in [2.05, 4.69) is 21.2 Å². The van der Waals surface area contributed by atoms with Crippen LogP contribution >= 0.6 is 15.9 Å². The smallest absolute Gasteiger partial charge is 0.325 e. The SMILES string of the molecule is COC(=O)[C@H]1CC[C@H](N(Cc2ccc(F)cc2)C(=O)CN2C(=O)NC3(CCc4cc(Br)ccc43)C2=O)CC1. The first-order valence-corrected chi connectivity index (χ1v) is 13.6. The Bertz CT molecular complexity index is 1280. The second-order valence-corrected chi connectivity index (χ2v) is 11.1. The molecule has 1 unspecified atom stereocenters. The van der Waals surface area contributed by atoms with Gasteiger partial charge in [0.1, 0.15) is 17.9 Å². The summed E-state index contributed by atoms with van der Waals surface area (Å²) in [5, 5.41) is 2.87. The van der Waals surface area contributed by atoms with Crippen LogP contribution in [0.5, 0.6) is 0 Å². The molecule has 0 aromatic heterocycles. The lowest BCUT2D eigenvalue weighted by atomic mass is 9.85. The van der Waals surface area contributed by atoms with Gasteiger partial charge < -0.3 is 15.0 Å². The molecule has 8 nitrogen and oxygen atoms in total. The van der Waals surface area contributed by atoms with E-state index in [9.17, 15) is 23.6 Å². The molecule has 1 heterocycles. The van der Waals surface area contributed by atoms with Crippen molar-refractivity contribution in [2.45, 2.75) is 56.7 Å². The second-order valence-electron chi connectivity index (χ2n) is 10.2. The summed E-state index contributed by atoms with van der Waals surface area (Å²) in [6.45, 7) is -0.186. The van der Waals surface area contributed by atoms with Crippen LogP contribution in [-0.4, -0.2) is 53.3 Å². The lowest BCUT2D eigenvalue weighted by Gasteiger charge is -2.37. The minimum Gasteiger partial charge on any atom is -0.469 e. The fourth-order valence-electron chi connectivity index (χ4n) is 5.99. The second kappa shape index (κ2) is 10.5. The van der Waals surface area contributed by atoms with Gasteiger partial charge in [-0.2, -0.15) is 0 Å². The average molecular weight is 586 g/mol. The summed E-state index contributed by atoms with van der Waals surface area (Å²) in [4.78, 5) is 55.0. The Hall–Kier alpha value is -3.27. The summed E-state index contributed by atoms with van der Waals surface area (Å²) in [6.07, 6.45) is 3.39. The van der Waals surface area contributed by atoms with E-state index < -0.39 is 24.0 Å². The number of carbonyl (C=O) groups excluding carboxylic acids is 4. The Kier molecular flexibility index (Phi) is 7.26. The molecule has 4 amide bonds. The van der Waals surface area contributed by atoms with Crippen LogP contribution < -0.4 is 5.32 Å². The topological polar surface area (TPSA) is 96.0 Å². The summed E-state index contributed by atoms with van der Waals surface area (Å²) >= 11 is 3.45. The van der Waals surface area contributed by atoms with Gasteiger partial charge in [-0.25, -0.2) is 9.18 Å². The van der Waals surface area contributed by atoms with Gasteiger partial charge in [0.25, 0.3) is 5.91 Å². The van der Waals surface area contributed by atoms with E-state index in [4.69, 9.17) is 4.74 Å². The van der Waals surface area contributed by atoms with Crippen LogP contribution in [0.3, 0.4) is 0 Å². The Balaban J connectivity index is 1.35. The zero-order chi connectivity index (χ0) is 27.0. The number of nitrogens with one attached hydrogen (secondary N) is 1. The molecule has 1 spiro atoms. The summed E-state index contributed by atoms with van der Waals surface area (Å²) in [5.74, 6) is -1.64. The minimum atomic E-state index is -1.16. The maximum absolute atomic E-state index is 13.7. The number of halogens is 2. The summed E-state index contributed by atoms with van der Waals surface area (Å²) in [6, 6.07) is 10.8. The zero-order valence-corrected chi connectivity index (χ0v) is 22.6. The number of benzene rings is 2. The number of esters is 1. The van der Waals surface area contributed by atoms with Crippen molar-refractivity contribution in [2.75, 3.05) is 13.7 Å². The van der Waals surface area contributed by atoms with Crippen molar-refractivity contribution in [1.29, 1.82) is 0 Å². The number of aryl methyl sites for hydroxylation is 1. The van der Waals surface area contributed by atoms with E-state index in [0.29, 0.717) is 38.5 Å². The van der Waals surface area contributed by atoms with Crippen molar-refractivity contribution in [2.24, 2.45) is 5.92 Å². The molecule has 2 aliphatic carbocycles. The van der Waals surface area contributed by atoms with E-state index in [-0.39, 0.29) is 36.2 Å². The Labute approximate surface area is 228 Å². The highest BCUT2D eigenvalue weighted by Crippen LogP contribution is 2.42. The molecule has 1 aliphatic heterocycles. The maximum atomic E-state index is 13.7. The van der Waals surface area contributed by atoms with Gasteiger partial charge in [0.05, 0.1) is 13.0 Å². The third-order valence-electron chi connectivity index (χ3n) is 8.02. The number of hydrogen-bond acceptors (Lipinski definition) is 5. The number of imide groups is 1. The predicted octanol–water partition coefficient (Wildman–Crippen LogP) is 4.04. The normalized spacial score (nSPS) is 24.3. The predicted molar refractivity (Wildman–Crippen MR) is 139 cm³/mol. The van der Waals surface area contributed by atoms with E-state index in [1.54, 1.807) is 17.0 Å². The summed E-state index contributed by atoms with van der Waals surface area (Å²) < 4.78 is 19.3. The van der Waals surface area contributed by atoms with E-state index in [0.717, 1.165) is 26.1 Å². The largest absolute Gasteiger partial charge is 0.469 e. The lowest BCUT2D eigenvalue weighted by Crippen LogP contribution is -2.48. The molecular weight excluding hydrogens is 557 g/mol. The van der Waals surface area contributed by atoms with Gasteiger partial charge in [-0.05, 0) is 79.5 Å². The maximum Gasteiger partial charge on any atom is 0.325 e. The number of carbonyl (C=O) groups is 4. The first-order valence-electron chi connectivity index (χ1n) is 12.8. The third kappa shape index (κ3) is 4.81. The van der Waals surface area contributed by atoms with Crippen LogP contribution in [0.1, 0.15) is 48.8 Å².